The first-order valence-electron chi connectivity index (χ1n) is 9.43. The van der Waals surface area contributed by atoms with Crippen molar-refractivity contribution < 1.29 is 14.3 Å². The second kappa shape index (κ2) is 8.45. The van der Waals surface area contributed by atoms with E-state index in [1.54, 1.807) is 6.20 Å². The lowest BCUT2D eigenvalue weighted by Crippen LogP contribution is -2.36. The number of fused-ring (bicyclic) bond motifs is 1. The van der Waals surface area contributed by atoms with Crippen molar-refractivity contribution >= 4 is 22.8 Å². The minimum absolute atomic E-state index is 0.233. The molecule has 142 valence electrons. The monoisotopic (exact) mass is 368 g/mol. The molecule has 2 aliphatic rings. The third-order valence-corrected chi connectivity index (χ3v) is 4.71. The highest BCUT2D eigenvalue weighted by atomic mass is 16.5. The number of hydrogen-bond donors (Lipinski definition) is 1. The number of anilines is 1. The zero-order valence-electron chi connectivity index (χ0n) is 15.3. The number of benzene rings is 1. The van der Waals surface area contributed by atoms with Gasteiger partial charge in [-0.25, -0.2) is 9.97 Å². The Morgan fingerprint density at radius 3 is 3.00 bits per heavy atom. The number of carbonyl (C=O) groups is 1. The topological polar surface area (TPSA) is 76.6 Å². The van der Waals surface area contributed by atoms with Crippen LogP contribution >= 0.6 is 0 Å². The number of hydrogen-bond acceptors (Lipinski definition) is 6. The summed E-state index contributed by atoms with van der Waals surface area (Å²) in [5, 5.41) is 3.63. The molecule has 2 fully saturated rings. The maximum Gasteiger partial charge on any atom is 0.250 e. The van der Waals surface area contributed by atoms with Gasteiger partial charge in [0.1, 0.15) is 5.75 Å². The van der Waals surface area contributed by atoms with Gasteiger partial charge in [0.25, 0.3) is 0 Å². The predicted molar refractivity (Wildman–Crippen MR) is 103 cm³/mol. The number of amides is 1. The Bertz CT molecular complexity index is 829. The quantitative estimate of drug-likeness (QED) is 0.756. The molecular weight excluding hydrogens is 344 g/mol. The molecule has 1 aliphatic heterocycles. The smallest absolute Gasteiger partial charge is 0.250 e. The van der Waals surface area contributed by atoms with Crippen molar-refractivity contribution in [2.45, 2.75) is 12.8 Å². The van der Waals surface area contributed by atoms with Gasteiger partial charge in [-0.3, -0.25) is 15.0 Å². The maximum absolute atomic E-state index is 12.1. The average Bonchev–Trinajstić information content (AvgIpc) is 3.51. The van der Waals surface area contributed by atoms with Gasteiger partial charge in [0.2, 0.25) is 11.9 Å². The molecule has 0 bridgehead atoms. The molecule has 1 N–H and O–H groups in total. The highest BCUT2D eigenvalue weighted by Gasteiger charge is 2.21. The van der Waals surface area contributed by atoms with E-state index >= 15 is 0 Å². The molecule has 4 rings (SSSR count). The second-order valence-corrected chi connectivity index (χ2v) is 6.97. The summed E-state index contributed by atoms with van der Waals surface area (Å²) in [6.07, 6.45) is 7.60. The Balaban J connectivity index is 1.34. The molecule has 1 aliphatic carbocycles. The second-order valence-electron chi connectivity index (χ2n) is 6.97. The van der Waals surface area contributed by atoms with Gasteiger partial charge in [-0.15, -0.1) is 0 Å². The summed E-state index contributed by atoms with van der Waals surface area (Å²) in [7, 11) is 0. The molecule has 2 aromatic rings. The number of aromatic nitrogens is 2. The Morgan fingerprint density at radius 1 is 1.33 bits per heavy atom. The van der Waals surface area contributed by atoms with Crippen LogP contribution in [0.15, 0.2) is 36.5 Å². The van der Waals surface area contributed by atoms with E-state index in [1.165, 1.54) is 18.9 Å². The van der Waals surface area contributed by atoms with Crippen molar-refractivity contribution in [1.82, 2.24) is 14.9 Å². The SMILES string of the molecule is O=C(/C=C/CN1CCOCC1)Nc1ncc2ccc(OCC3CC3)cc2n1. The zero-order valence-corrected chi connectivity index (χ0v) is 15.3. The minimum atomic E-state index is -0.233. The first-order chi connectivity index (χ1) is 13.3. The molecule has 0 spiro atoms. The molecule has 27 heavy (non-hydrogen) atoms. The van der Waals surface area contributed by atoms with Gasteiger partial charge >= 0.3 is 0 Å². The van der Waals surface area contributed by atoms with Gasteiger partial charge in [-0.1, -0.05) is 6.08 Å². The Kier molecular flexibility index (Phi) is 5.60. The van der Waals surface area contributed by atoms with Crippen LogP contribution in [0.4, 0.5) is 5.95 Å². The fourth-order valence-electron chi connectivity index (χ4n) is 2.90. The molecule has 1 amide bonds. The number of morpholine rings is 1. The van der Waals surface area contributed by atoms with E-state index in [1.807, 2.05) is 24.3 Å². The van der Waals surface area contributed by atoms with Gasteiger partial charge in [-0.05, 0) is 30.9 Å². The van der Waals surface area contributed by atoms with Crippen LogP contribution in [0, 0.1) is 5.92 Å². The molecule has 1 saturated carbocycles. The molecule has 1 aromatic heterocycles. The molecule has 1 aromatic carbocycles. The molecule has 1 saturated heterocycles. The van der Waals surface area contributed by atoms with E-state index in [2.05, 4.69) is 20.2 Å². The van der Waals surface area contributed by atoms with E-state index < -0.39 is 0 Å². The van der Waals surface area contributed by atoms with Gasteiger partial charge in [0.15, 0.2) is 0 Å². The fraction of sp³-hybridized carbons (Fsp3) is 0.450. The van der Waals surface area contributed by atoms with Crippen molar-refractivity contribution in [3.05, 3.63) is 36.5 Å². The Hall–Kier alpha value is -2.51. The summed E-state index contributed by atoms with van der Waals surface area (Å²) >= 11 is 0. The molecule has 0 unspecified atom stereocenters. The van der Waals surface area contributed by atoms with Crippen LogP contribution < -0.4 is 10.1 Å². The minimum Gasteiger partial charge on any atom is -0.493 e. The lowest BCUT2D eigenvalue weighted by molar-refractivity contribution is -0.112. The van der Waals surface area contributed by atoms with Crippen molar-refractivity contribution in [2.24, 2.45) is 5.92 Å². The van der Waals surface area contributed by atoms with Gasteiger partial charge < -0.3 is 9.47 Å². The molecule has 0 radical (unpaired) electrons. The predicted octanol–water partition coefficient (Wildman–Crippen LogP) is 2.25. The molecule has 0 atom stereocenters. The van der Waals surface area contributed by atoms with Crippen molar-refractivity contribution in [1.29, 1.82) is 0 Å². The summed E-state index contributed by atoms with van der Waals surface area (Å²) in [5.74, 6) is 1.56. The molecule has 7 heteroatoms. The van der Waals surface area contributed by atoms with Crippen molar-refractivity contribution in [2.75, 3.05) is 44.8 Å². The normalized spacial score (nSPS) is 18.1. The van der Waals surface area contributed by atoms with E-state index in [9.17, 15) is 4.79 Å². The standard InChI is InChI=1S/C20H24N4O3/c25-19(2-1-7-24-8-10-26-11-9-24)23-20-21-13-16-5-6-17(12-18(16)22-20)27-14-15-3-4-15/h1-2,5-6,12-13,15H,3-4,7-11,14H2,(H,21,22,23,25)/b2-1+. The lowest BCUT2D eigenvalue weighted by atomic mass is 10.2. The van der Waals surface area contributed by atoms with Crippen LogP contribution in [0.25, 0.3) is 10.9 Å². The van der Waals surface area contributed by atoms with Crippen LogP contribution in [0.2, 0.25) is 0 Å². The van der Waals surface area contributed by atoms with E-state index in [4.69, 9.17) is 9.47 Å². The maximum atomic E-state index is 12.1. The Morgan fingerprint density at radius 2 is 2.19 bits per heavy atom. The average molecular weight is 368 g/mol. The number of rotatable bonds is 7. The summed E-state index contributed by atoms with van der Waals surface area (Å²) < 4.78 is 11.1. The summed E-state index contributed by atoms with van der Waals surface area (Å²) in [6.45, 7) is 4.77. The van der Waals surface area contributed by atoms with Gasteiger partial charge in [-0.2, -0.15) is 0 Å². The van der Waals surface area contributed by atoms with Crippen LogP contribution in [-0.4, -0.2) is 60.2 Å². The van der Waals surface area contributed by atoms with Gasteiger partial charge in [0, 0.05) is 43.4 Å². The molecule has 7 nitrogen and oxygen atoms in total. The van der Waals surface area contributed by atoms with E-state index in [-0.39, 0.29) is 5.91 Å². The highest BCUT2D eigenvalue weighted by molar-refractivity contribution is 5.98. The molecule has 2 heterocycles. The first-order valence-corrected chi connectivity index (χ1v) is 9.43. The first kappa shape index (κ1) is 17.9. The highest BCUT2D eigenvalue weighted by Crippen LogP contribution is 2.30. The summed E-state index contributed by atoms with van der Waals surface area (Å²) in [6, 6.07) is 5.76. The van der Waals surface area contributed by atoms with Crippen molar-refractivity contribution in [3.8, 4) is 5.75 Å². The lowest BCUT2D eigenvalue weighted by Gasteiger charge is -2.24. The zero-order chi connectivity index (χ0) is 18.5. The largest absolute Gasteiger partial charge is 0.493 e. The fourth-order valence-corrected chi connectivity index (χ4v) is 2.90. The Labute approximate surface area is 158 Å². The third kappa shape index (κ3) is 5.24. The van der Waals surface area contributed by atoms with Crippen molar-refractivity contribution in [3.63, 3.8) is 0 Å². The molecular formula is C20H24N4O3. The third-order valence-electron chi connectivity index (χ3n) is 4.71. The summed E-state index contributed by atoms with van der Waals surface area (Å²) in [4.78, 5) is 23.0. The van der Waals surface area contributed by atoms with Gasteiger partial charge in [0.05, 0.1) is 25.3 Å². The van der Waals surface area contributed by atoms with Crippen LogP contribution in [0.1, 0.15) is 12.8 Å². The number of ether oxygens (including phenoxy) is 2. The summed E-state index contributed by atoms with van der Waals surface area (Å²) in [5.41, 5.74) is 0.755. The van der Waals surface area contributed by atoms with E-state index in [0.717, 1.165) is 56.1 Å². The number of nitrogens with zero attached hydrogens (tertiary/aromatic N) is 3. The van der Waals surface area contributed by atoms with Crippen LogP contribution in [-0.2, 0) is 9.53 Å². The van der Waals surface area contributed by atoms with E-state index in [0.29, 0.717) is 11.9 Å². The van der Waals surface area contributed by atoms with Crippen LogP contribution in [0.3, 0.4) is 0 Å². The number of nitrogens with one attached hydrogen (secondary N) is 1. The van der Waals surface area contributed by atoms with Crippen LogP contribution in [0.5, 0.6) is 5.75 Å². The number of carbonyl (C=O) groups excluding carboxylic acids is 1.